The summed E-state index contributed by atoms with van der Waals surface area (Å²) in [6, 6.07) is 5.46. The number of allylic oxidation sites excluding steroid dienone is 2. The average Bonchev–Trinajstić information content (AvgIpc) is 3.06. The molecule has 0 aliphatic rings. The van der Waals surface area contributed by atoms with Crippen molar-refractivity contribution >= 4 is 21.5 Å². The maximum Gasteiger partial charge on any atom is 0.430 e. The van der Waals surface area contributed by atoms with Gasteiger partial charge in [0.1, 0.15) is 18.0 Å². The van der Waals surface area contributed by atoms with Crippen molar-refractivity contribution in [1.29, 1.82) is 0 Å². The first-order valence-electron chi connectivity index (χ1n) is 7.33. The number of carboxylic acids is 1. The molecule has 3 N–H and O–H groups in total. The molecular weight excluding hydrogens is 405 g/mol. The van der Waals surface area contributed by atoms with Gasteiger partial charge in [0.25, 0.3) is 5.89 Å². The summed E-state index contributed by atoms with van der Waals surface area (Å²) in [6.07, 6.45) is -3.51. The number of hydrogen-bond donors (Lipinski definition) is 2. The van der Waals surface area contributed by atoms with Crippen molar-refractivity contribution in [3.8, 4) is 11.4 Å². The van der Waals surface area contributed by atoms with Gasteiger partial charge in [-0.3, -0.25) is 9.79 Å². The van der Waals surface area contributed by atoms with Crippen molar-refractivity contribution in [2.45, 2.75) is 11.1 Å². The molecule has 9 nitrogen and oxygen atoms in total. The van der Waals surface area contributed by atoms with E-state index in [0.717, 1.165) is 6.26 Å². The van der Waals surface area contributed by atoms with Crippen LogP contribution in [-0.4, -0.2) is 54.3 Å². The van der Waals surface area contributed by atoms with E-state index in [2.05, 4.69) is 15.1 Å². The lowest BCUT2D eigenvalue weighted by Gasteiger charge is -2.05. The zero-order valence-corrected chi connectivity index (χ0v) is 15.0. The summed E-state index contributed by atoms with van der Waals surface area (Å²) in [6.45, 7) is -0.863. The minimum absolute atomic E-state index is 0.0303. The average molecular weight is 418 g/mol. The maximum absolute atomic E-state index is 12.7. The maximum atomic E-state index is 12.7. The van der Waals surface area contributed by atoms with Gasteiger partial charge in [-0.2, -0.15) is 18.2 Å². The second kappa shape index (κ2) is 7.80. The van der Waals surface area contributed by atoms with Crippen LogP contribution in [0.4, 0.5) is 13.2 Å². The molecule has 28 heavy (non-hydrogen) atoms. The Kier molecular flexibility index (Phi) is 5.87. The highest BCUT2D eigenvalue weighted by molar-refractivity contribution is 7.90. The minimum Gasteiger partial charge on any atom is -0.480 e. The molecule has 1 aromatic heterocycles. The van der Waals surface area contributed by atoms with Crippen molar-refractivity contribution < 1.29 is 36.0 Å². The van der Waals surface area contributed by atoms with E-state index in [1.54, 1.807) is 0 Å². The van der Waals surface area contributed by atoms with Crippen molar-refractivity contribution in [1.82, 2.24) is 10.1 Å². The number of aliphatic carboxylic acids is 1. The van der Waals surface area contributed by atoms with Crippen LogP contribution >= 0.6 is 0 Å². The van der Waals surface area contributed by atoms with Gasteiger partial charge in [0.2, 0.25) is 5.82 Å². The third kappa shape index (κ3) is 5.39. The van der Waals surface area contributed by atoms with Gasteiger partial charge in [0.05, 0.1) is 4.90 Å². The van der Waals surface area contributed by atoms with Crippen LogP contribution in [0, 0.1) is 0 Å². The molecule has 2 aromatic rings. The summed E-state index contributed by atoms with van der Waals surface area (Å²) < 4.78 is 66.1. The van der Waals surface area contributed by atoms with Gasteiger partial charge in [0.15, 0.2) is 9.84 Å². The number of sulfone groups is 1. The monoisotopic (exact) mass is 418 g/mol. The lowest BCUT2D eigenvalue weighted by Crippen LogP contribution is -2.21. The van der Waals surface area contributed by atoms with E-state index >= 15 is 0 Å². The number of nitrogens with two attached hydrogens (primary N) is 1. The molecule has 0 amide bonds. The summed E-state index contributed by atoms with van der Waals surface area (Å²) in [5, 5.41) is 12.3. The number of aromatic nitrogens is 2. The molecule has 1 aromatic carbocycles. The highest BCUT2D eigenvalue weighted by atomic mass is 32.2. The molecule has 13 heteroatoms. The van der Waals surface area contributed by atoms with E-state index in [-0.39, 0.29) is 16.3 Å². The lowest BCUT2D eigenvalue weighted by molar-refractivity contribution is -0.135. The summed E-state index contributed by atoms with van der Waals surface area (Å²) in [7, 11) is -3.52. The van der Waals surface area contributed by atoms with Crippen LogP contribution in [0.25, 0.3) is 11.4 Å². The molecule has 0 unspecified atom stereocenters. The molecule has 0 fully saturated rings. The highest BCUT2D eigenvalue weighted by Crippen LogP contribution is 2.23. The smallest absolute Gasteiger partial charge is 0.430 e. The summed E-state index contributed by atoms with van der Waals surface area (Å²) in [5.41, 5.74) is 3.01. The van der Waals surface area contributed by atoms with E-state index in [1.165, 1.54) is 24.3 Å². The van der Waals surface area contributed by atoms with Crippen LogP contribution < -0.4 is 5.73 Å². The molecule has 0 radical (unpaired) electrons. The fourth-order valence-electron chi connectivity index (χ4n) is 1.87. The Hall–Kier alpha value is -3.22. The van der Waals surface area contributed by atoms with E-state index in [0.29, 0.717) is 6.08 Å². The highest BCUT2D eigenvalue weighted by Gasteiger charge is 2.32. The Morgan fingerprint density at radius 1 is 1.39 bits per heavy atom. The summed E-state index contributed by atoms with van der Waals surface area (Å²) in [5.74, 6) is -2.06. The number of carbonyl (C=O) groups is 1. The molecule has 2 rings (SSSR count). The predicted octanol–water partition coefficient (Wildman–Crippen LogP) is 1.42. The number of alkyl halides is 3. The number of benzene rings is 1. The van der Waals surface area contributed by atoms with Crippen LogP contribution in [-0.2, 0) is 14.6 Å². The predicted molar refractivity (Wildman–Crippen MR) is 90.2 cm³/mol. The van der Waals surface area contributed by atoms with Gasteiger partial charge in [-0.25, -0.2) is 8.42 Å². The Labute approximate surface area is 156 Å². The van der Waals surface area contributed by atoms with Gasteiger partial charge in [-0.15, -0.1) is 0 Å². The van der Waals surface area contributed by atoms with Crippen LogP contribution in [0.2, 0.25) is 0 Å². The minimum atomic E-state index is -4.88. The van der Waals surface area contributed by atoms with Crippen molar-refractivity contribution in [3.05, 3.63) is 41.9 Å². The van der Waals surface area contributed by atoms with Crippen molar-refractivity contribution in [2.24, 2.45) is 10.7 Å². The molecule has 0 aliphatic carbocycles. The number of nitrogens with zero attached hydrogens (tertiary/aromatic N) is 3. The van der Waals surface area contributed by atoms with Gasteiger partial charge >= 0.3 is 12.1 Å². The van der Waals surface area contributed by atoms with Crippen LogP contribution in [0.15, 0.2) is 50.4 Å². The number of rotatable bonds is 6. The summed E-state index contributed by atoms with van der Waals surface area (Å²) in [4.78, 5) is 18.0. The Bertz CT molecular complexity index is 1060. The first-order chi connectivity index (χ1) is 12.9. The molecule has 0 atom stereocenters. The topological polar surface area (TPSA) is 149 Å². The molecule has 0 aliphatic heterocycles. The number of aliphatic imine (C=N–C) groups is 1. The third-order valence-corrected chi connectivity index (χ3v) is 4.28. The zero-order valence-electron chi connectivity index (χ0n) is 14.1. The lowest BCUT2D eigenvalue weighted by atomic mass is 10.2. The van der Waals surface area contributed by atoms with Crippen LogP contribution in [0.5, 0.6) is 0 Å². The van der Waals surface area contributed by atoms with Crippen molar-refractivity contribution in [3.63, 3.8) is 0 Å². The van der Waals surface area contributed by atoms with Gasteiger partial charge in [0, 0.05) is 11.8 Å². The fourth-order valence-corrected chi connectivity index (χ4v) is 2.53. The molecule has 1 heterocycles. The zero-order chi connectivity index (χ0) is 21.1. The SMILES string of the molecule is CS(=O)(=O)c1cccc(-c2noc(C(C=C(N)C(F)(F)F)=NCC(=O)O)n2)c1. The Morgan fingerprint density at radius 2 is 2.07 bits per heavy atom. The largest absolute Gasteiger partial charge is 0.480 e. The molecular formula is C15H13F3N4O5S. The quantitative estimate of drug-likeness (QED) is 0.669. The van der Waals surface area contributed by atoms with E-state index in [4.69, 9.17) is 15.4 Å². The van der Waals surface area contributed by atoms with E-state index in [9.17, 15) is 26.4 Å². The van der Waals surface area contributed by atoms with Gasteiger partial charge < -0.3 is 15.4 Å². The molecule has 0 saturated carbocycles. The molecule has 0 saturated heterocycles. The van der Waals surface area contributed by atoms with E-state index in [1.807, 2.05) is 0 Å². The molecule has 150 valence electrons. The molecule has 0 bridgehead atoms. The van der Waals surface area contributed by atoms with Gasteiger partial charge in [-0.1, -0.05) is 17.3 Å². The van der Waals surface area contributed by atoms with Gasteiger partial charge in [-0.05, 0) is 18.2 Å². The second-order valence-electron chi connectivity index (χ2n) is 5.42. The normalized spacial score (nSPS) is 13.6. The second-order valence-corrected chi connectivity index (χ2v) is 7.43. The Morgan fingerprint density at radius 3 is 2.64 bits per heavy atom. The number of hydrogen-bond acceptors (Lipinski definition) is 8. The van der Waals surface area contributed by atoms with E-state index < -0.39 is 45.8 Å². The number of carboxylic acid groups (broad SMARTS) is 1. The molecule has 0 spiro atoms. The third-order valence-electron chi connectivity index (χ3n) is 3.17. The van der Waals surface area contributed by atoms with Crippen molar-refractivity contribution in [2.75, 3.05) is 12.8 Å². The fraction of sp³-hybridized carbons (Fsp3) is 0.200. The van der Waals surface area contributed by atoms with Crippen LogP contribution in [0.1, 0.15) is 5.89 Å². The van der Waals surface area contributed by atoms with Crippen LogP contribution in [0.3, 0.4) is 0 Å². The first-order valence-corrected chi connectivity index (χ1v) is 9.22. The summed E-state index contributed by atoms with van der Waals surface area (Å²) >= 11 is 0. The first kappa shape index (κ1) is 21.1. The standard InChI is InChI=1S/C15H13F3N4O5S/c1-28(25,26)9-4-2-3-8(5-9)13-21-14(27-22-13)10(20-7-12(23)24)6-11(19)15(16,17)18/h2-6H,7,19H2,1H3,(H,23,24). The number of halogens is 3. The Balaban J connectivity index is 2.47.